The number of hydrogen-bond donors (Lipinski definition) is 2. The summed E-state index contributed by atoms with van der Waals surface area (Å²) in [5, 5.41) is 6.18. The molecule has 2 N–H and O–H groups in total. The van der Waals surface area contributed by atoms with E-state index in [1.165, 1.54) is 0 Å². The number of likely N-dealkylation sites (N-methyl/N-ethyl adjacent to an activating group) is 1. The maximum absolute atomic E-state index is 12.2. The molecule has 0 spiro atoms. The highest BCUT2D eigenvalue weighted by Gasteiger charge is 2.11. The summed E-state index contributed by atoms with van der Waals surface area (Å²) in [7, 11) is 1.93. The molecule has 0 aliphatic carbocycles. The minimum absolute atomic E-state index is 0.0543. The van der Waals surface area contributed by atoms with Crippen LogP contribution in [0.5, 0.6) is 0 Å². The zero-order valence-corrected chi connectivity index (χ0v) is 12.3. The number of rotatable bonds is 8. The molecule has 0 bridgehead atoms. The Labute approximate surface area is 116 Å². The molecule has 0 heterocycles. The maximum atomic E-state index is 12.2. The smallest absolute Gasteiger partial charge is 0.251 e. The summed E-state index contributed by atoms with van der Waals surface area (Å²) < 4.78 is 0. The van der Waals surface area contributed by atoms with Crippen LogP contribution >= 0.6 is 0 Å². The molecule has 0 radical (unpaired) electrons. The molecular weight excluding hydrogens is 236 g/mol. The Hall–Kier alpha value is -1.35. The first-order chi connectivity index (χ1) is 9.22. The molecule has 0 saturated heterocycles. The van der Waals surface area contributed by atoms with Crippen LogP contribution in [0, 0.1) is 5.92 Å². The standard InChI is InChI=1S/C16H26N2O/c1-4-13(5-2)12-18-16(19)15-9-7-6-8-14(15)10-11-17-3/h6-9,13,17H,4-5,10-12H2,1-3H3,(H,18,19). The van der Waals surface area contributed by atoms with Crippen molar-refractivity contribution in [3.05, 3.63) is 35.4 Å². The first kappa shape index (κ1) is 15.7. The van der Waals surface area contributed by atoms with Gasteiger partial charge in [-0.1, -0.05) is 44.9 Å². The van der Waals surface area contributed by atoms with E-state index in [-0.39, 0.29) is 5.91 Å². The van der Waals surface area contributed by atoms with Crippen molar-refractivity contribution in [2.45, 2.75) is 33.1 Å². The minimum Gasteiger partial charge on any atom is -0.352 e. The molecule has 1 aromatic carbocycles. The van der Waals surface area contributed by atoms with E-state index in [4.69, 9.17) is 0 Å². The Balaban J connectivity index is 2.65. The number of carbonyl (C=O) groups is 1. The van der Waals surface area contributed by atoms with Crippen LogP contribution in [-0.2, 0) is 6.42 Å². The summed E-state index contributed by atoms with van der Waals surface area (Å²) in [6.07, 6.45) is 3.10. The van der Waals surface area contributed by atoms with Crippen LogP contribution in [0.4, 0.5) is 0 Å². The topological polar surface area (TPSA) is 41.1 Å². The van der Waals surface area contributed by atoms with Gasteiger partial charge in [-0.3, -0.25) is 4.79 Å². The third kappa shape index (κ3) is 5.03. The molecule has 19 heavy (non-hydrogen) atoms. The molecule has 106 valence electrons. The van der Waals surface area contributed by atoms with Gasteiger partial charge in [0.1, 0.15) is 0 Å². The lowest BCUT2D eigenvalue weighted by Gasteiger charge is -2.14. The van der Waals surface area contributed by atoms with Crippen molar-refractivity contribution in [1.29, 1.82) is 0 Å². The highest BCUT2D eigenvalue weighted by molar-refractivity contribution is 5.95. The van der Waals surface area contributed by atoms with Gasteiger partial charge in [0.05, 0.1) is 0 Å². The molecule has 0 atom stereocenters. The summed E-state index contributed by atoms with van der Waals surface area (Å²) in [6.45, 7) is 5.99. The van der Waals surface area contributed by atoms with Crippen molar-refractivity contribution in [2.75, 3.05) is 20.1 Å². The van der Waals surface area contributed by atoms with Gasteiger partial charge in [0.2, 0.25) is 0 Å². The predicted octanol–water partition coefficient (Wildman–Crippen LogP) is 2.61. The van der Waals surface area contributed by atoms with Crippen LogP contribution in [0.2, 0.25) is 0 Å². The third-order valence-corrected chi connectivity index (χ3v) is 3.61. The summed E-state index contributed by atoms with van der Waals surface area (Å²) in [6, 6.07) is 7.86. The van der Waals surface area contributed by atoms with Crippen molar-refractivity contribution >= 4 is 5.91 Å². The number of hydrogen-bond acceptors (Lipinski definition) is 2. The van der Waals surface area contributed by atoms with Gasteiger partial charge in [-0.2, -0.15) is 0 Å². The fourth-order valence-electron chi connectivity index (χ4n) is 2.13. The zero-order valence-electron chi connectivity index (χ0n) is 12.3. The van der Waals surface area contributed by atoms with Gasteiger partial charge in [-0.25, -0.2) is 0 Å². The van der Waals surface area contributed by atoms with E-state index in [0.29, 0.717) is 5.92 Å². The van der Waals surface area contributed by atoms with E-state index >= 15 is 0 Å². The van der Waals surface area contributed by atoms with Crippen LogP contribution in [0.1, 0.15) is 42.6 Å². The molecular formula is C16H26N2O. The monoisotopic (exact) mass is 262 g/mol. The van der Waals surface area contributed by atoms with Gasteiger partial charge in [0.15, 0.2) is 0 Å². The highest BCUT2D eigenvalue weighted by atomic mass is 16.1. The maximum Gasteiger partial charge on any atom is 0.251 e. The van der Waals surface area contributed by atoms with E-state index in [2.05, 4.69) is 24.5 Å². The van der Waals surface area contributed by atoms with Gasteiger partial charge >= 0.3 is 0 Å². The molecule has 0 aromatic heterocycles. The quantitative estimate of drug-likeness (QED) is 0.756. The molecule has 1 aromatic rings. The SMILES string of the molecule is CCC(CC)CNC(=O)c1ccccc1CCNC. The van der Waals surface area contributed by atoms with E-state index in [1.807, 2.05) is 31.3 Å². The first-order valence-corrected chi connectivity index (χ1v) is 7.23. The molecule has 3 heteroatoms. The van der Waals surface area contributed by atoms with E-state index < -0.39 is 0 Å². The van der Waals surface area contributed by atoms with E-state index in [1.54, 1.807) is 0 Å². The van der Waals surface area contributed by atoms with Crippen LogP contribution in [0.15, 0.2) is 24.3 Å². The van der Waals surface area contributed by atoms with Gasteiger partial charge in [-0.05, 0) is 37.6 Å². The summed E-state index contributed by atoms with van der Waals surface area (Å²) in [5.74, 6) is 0.632. The number of carbonyl (C=O) groups excluding carboxylic acids is 1. The molecule has 0 saturated carbocycles. The van der Waals surface area contributed by atoms with E-state index in [0.717, 1.165) is 43.5 Å². The molecule has 0 fully saturated rings. The predicted molar refractivity (Wildman–Crippen MR) is 80.5 cm³/mol. The second-order valence-electron chi connectivity index (χ2n) is 4.90. The largest absolute Gasteiger partial charge is 0.352 e. The second kappa shape index (κ2) is 8.70. The molecule has 3 nitrogen and oxygen atoms in total. The zero-order chi connectivity index (χ0) is 14.1. The summed E-state index contributed by atoms with van der Waals surface area (Å²) in [4.78, 5) is 12.2. The molecule has 1 rings (SSSR count). The Kier molecular flexibility index (Phi) is 7.19. The molecule has 0 aliphatic rings. The van der Waals surface area contributed by atoms with Crippen LogP contribution in [-0.4, -0.2) is 26.0 Å². The lowest BCUT2D eigenvalue weighted by Crippen LogP contribution is -2.30. The van der Waals surface area contributed by atoms with Gasteiger partial charge < -0.3 is 10.6 Å². The number of benzene rings is 1. The average molecular weight is 262 g/mol. The minimum atomic E-state index is 0.0543. The van der Waals surface area contributed by atoms with Gasteiger partial charge in [-0.15, -0.1) is 0 Å². The molecule has 0 aliphatic heterocycles. The van der Waals surface area contributed by atoms with Crippen LogP contribution in [0.25, 0.3) is 0 Å². The Morgan fingerprint density at radius 1 is 1.21 bits per heavy atom. The lowest BCUT2D eigenvalue weighted by molar-refractivity contribution is 0.0945. The fraction of sp³-hybridized carbons (Fsp3) is 0.562. The Morgan fingerprint density at radius 2 is 1.89 bits per heavy atom. The number of amides is 1. The highest BCUT2D eigenvalue weighted by Crippen LogP contribution is 2.10. The van der Waals surface area contributed by atoms with Crippen molar-refractivity contribution in [3.8, 4) is 0 Å². The lowest BCUT2D eigenvalue weighted by atomic mass is 10.0. The molecule has 1 amide bonds. The summed E-state index contributed by atoms with van der Waals surface area (Å²) >= 11 is 0. The van der Waals surface area contributed by atoms with Crippen molar-refractivity contribution in [1.82, 2.24) is 10.6 Å². The third-order valence-electron chi connectivity index (χ3n) is 3.61. The second-order valence-corrected chi connectivity index (χ2v) is 4.90. The van der Waals surface area contributed by atoms with Gasteiger partial charge in [0.25, 0.3) is 5.91 Å². The van der Waals surface area contributed by atoms with Crippen molar-refractivity contribution in [3.63, 3.8) is 0 Å². The van der Waals surface area contributed by atoms with Crippen LogP contribution < -0.4 is 10.6 Å². The van der Waals surface area contributed by atoms with Gasteiger partial charge in [0, 0.05) is 12.1 Å². The fourth-order valence-corrected chi connectivity index (χ4v) is 2.13. The van der Waals surface area contributed by atoms with E-state index in [9.17, 15) is 4.79 Å². The first-order valence-electron chi connectivity index (χ1n) is 7.23. The Bertz CT molecular complexity index is 386. The average Bonchev–Trinajstić information content (AvgIpc) is 2.46. The molecule has 0 unspecified atom stereocenters. The van der Waals surface area contributed by atoms with Crippen LogP contribution in [0.3, 0.4) is 0 Å². The Morgan fingerprint density at radius 3 is 2.53 bits per heavy atom. The van der Waals surface area contributed by atoms with Crippen molar-refractivity contribution < 1.29 is 4.79 Å². The number of nitrogens with one attached hydrogen (secondary N) is 2. The summed E-state index contributed by atoms with van der Waals surface area (Å²) in [5.41, 5.74) is 1.92. The normalized spacial score (nSPS) is 10.7. The van der Waals surface area contributed by atoms with Crippen molar-refractivity contribution in [2.24, 2.45) is 5.92 Å².